The Kier molecular flexibility index (Phi) is 5.67. The first-order valence-electron chi connectivity index (χ1n) is 10.4. The van der Waals surface area contributed by atoms with E-state index in [1.807, 2.05) is 19.1 Å². The van der Waals surface area contributed by atoms with Crippen molar-refractivity contribution in [3.05, 3.63) is 53.2 Å². The minimum atomic E-state index is 0.0924. The number of rotatable bonds is 7. The van der Waals surface area contributed by atoms with Gasteiger partial charge in [-0.15, -0.1) is 0 Å². The normalized spacial score (nSPS) is 16.1. The Bertz CT molecular complexity index is 993. The van der Waals surface area contributed by atoms with E-state index >= 15 is 0 Å². The van der Waals surface area contributed by atoms with Gasteiger partial charge in [-0.25, -0.2) is 0 Å². The van der Waals surface area contributed by atoms with Crippen LogP contribution in [0.1, 0.15) is 43.6 Å². The van der Waals surface area contributed by atoms with Crippen LogP contribution in [0.3, 0.4) is 0 Å². The van der Waals surface area contributed by atoms with Crippen LogP contribution in [0.15, 0.2) is 36.4 Å². The molecule has 154 valence electrons. The fourth-order valence-electron chi connectivity index (χ4n) is 3.99. The maximum atomic E-state index is 5.92. The zero-order valence-electron chi connectivity index (χ0n) is 17.7. The van der Waals surface area contributed by atoms with Gasteiger partial charge in [-0.2, -0.15) is 0 Å². The van der Waals surface area contributed by atoms with Gasteiger partial charge in [0, 0.05) is 23.1 Å². The number of nitrogens with one attached hydrogen (secondary N) is 2. The first-order valence-corrected chi connectivity index (χ1v) is 10.4. The van der Waals surface area contributed by atoms with Crippen molar-refractivity contribution >= 4 is 10.9 Å². The second-order valence-corrected chi connectivity index (χ2v) is 7.91. The number of methoxy groups -OCH3 is 1. The summed E-state index contributed by atoms with van der Waals surface area (Å²) in [5.41, 5.74) is 4.90. The Morgan fingerprint density at radius 2 is 1.93 bits per heavy atom. The number of ether oxygens (including phenoxy) is 3. The molecule has 1 aromatic heterocycles. The molecule has 1 atom stereocenters. The van der Waals surface area contributed by atoms with Gasteiger partial charge in [0.15, 0.2) is 11.5 Å². The molecule has 5 nitrogen and oxygen atoms in total. The molecule has 0 radical (unpaired) electrons. The molecule has 0 saturated carbocycles. The van der Waals surface area contributed by atoms with E-state index in [0.29, 0.717) is 19.1 Å². The second-order valence-electron chi connectivity index (χ2n) is 7.91. The molecule has 2 heterocycles. The lowest BCUT2D eigenvalue weighted by Crippen LogP contribution is -2.30. The van der Waals surface area contributed by atoms with Gasteiger partial charge in [-0.3, -0.25) is 0 Å². The van der Waals surface area contributed by atoms with Crippen LogP contribution in [0.4, 0.5) is 0 Å². The number of hydrogen-bond donors (Lipinski definition) is 2. The smallest absolute Gasteiger partial charge is 0.161 e. The molecule has 0 saturated heterocycles. The van der Waals surface area contributed by atoms with Crippen LogP contribution in [-0.2, 0) is 6.42 Å². The van der Waals surface area contributed by atoms with Crippen molar-refractivity contribution in [2.75, 3.05) is 26.9 Å². The molecule has 2 N–H and O–H groups in total. The zero-order valence-corrected chi connectivity index (χ0v) is 17.7. The number of hydrogen-bond acceptors (Lipinski definition) is 4. The number of benzene rings is 2. The van der Waals surface area contributed by atoms with Crippen LogP contribution in [0.25, 0.3) is 10.9 Å². The quantitative estimate of drug-likeness (QED) is 0.602. The summed E-state index contributed by atoms with van der Waals surface area (Å²) in [6.45, 7) is 8.57. The SMILES string of the molecule is CCOc1ccc2[nH]c3c(c2c1)CCNC3c1ccc(OCC(C)C)c(OC)c1. The van der Waals surface area contributed by atoms with Gasteiger partial charge in [0.05, 0.1) is 26.4 Å². The highest BCUT2D eigenvalue weighted by Crippen LogP contribution is 2.38. The van der Waals surface area contributed by atoms with E-state index in [-0.39, 0.29) is 6.04 Å². The van der Waals surface area contributed by atoms with E-state index in [1.54, 1.807) is 7.11 Å². The van der Waals surface area contributed by atoms with Crippen molar-refractivity contribution in [2.45, 2.75) is 33.2 Å². The monoisotopic (exact) mass is 394 g/mol. The highest BCUT2D eigenvalue weighted by Gasteiger charge is 2.26. The van der Waals surface area contributed by atoms with Crippen LogP contribution in [0.2, 0.25) is 0 Å². The summed E-state index contributed by atoms with van der Waals surface area (Å²) in [4.78, 5) is 3.64. The molecular formula is C24H30N2O3. The molecule has 1 aliphatic rings. The van der Waals surface area contributed by atoms with Crippen molar-refractivity contribution < 1.29 is 14.2 Å². The molecule has 0 fully saturated rings. The van der Waals surface area contributed by atoms with Crippen LogP contribution in [-0.4, -0.2) is 31.9 Å². The zero-order chi connectivity index (χ0) is 20.4. The van der Waals surface area contributed by atoms with Crippen molar-refractivity contribution in [2.24, 2.45) is 5.92 Å². The Morgan fingerprint density at radius 3 is 2.69 bits per heavy atom. The van der Waals surface area contributed by atoms with Crippen molar-refractivity contribution in [3.8, 4) is 17.2 Å². The van der Waals surface area contributed by atoms with E-state index in [4.69, 9.17) is 14.2 Å². The molecule has 4 rings (SSSR count). The molecule has 1 unspecified atom stereocenters. The highest BCUT2D eigenvalue weighted by molar-refractivity contribution is 5.86. The van der Waals surface area contributed by atoms with E-state index < -0.39 is 0 Å². The van der Waals surface area contributed by atoms with Gasteiger partial charge in [-0.1, -0.05) is 19.9 Å². The molecule has 3 aromatic rings. The Morgan fingerprint density at radius 1 is 1.07 bits per heavy atom. The Balaban J connectivity index is 1.69. The molecule has 1 aliphatic heterocycles. The van der Waals surface area contributed by atoms with Crippen LogP contribution >= 0.6 is 0 Å². The average Bonchev–Trinajstić information content (AvgIpc) is 3.10. The largest absolute Gasteiger partial charge is 0.494 e. The fraction of sp³-hybridized carbons (Fsp3) is 0.417. The summed E-state index contributed by atoms with van der Waals surface area (Å²) < 4.78 is 17.2. The average molecular weight is 395 g/mol. The van der Waals surface area contributed by atoms with Crippen molar-refractivity contribution in [3.63, 3.8) is 0 Å². The number of H-pyrrole nitrogens is 1. The molecule has 0 spiro atoms. The third kappa shape index (κ3) is 3.92. The number of fused-ring (bicyclic) bond motifs is 3. The standard InChI is InChI=1S/C24H30N2O3/c1-5-28-17-7-8-20-19(13-17)18-10-11-25-23(24(18)26-20)16-6-9-21(22(12-16)27-4)29-14-15(2)3/h6-9,12-13,15,23,25-26H,5,10-11,14H2,1-4H3. The fourth-order valence-corrected chi connectivity index (χ4v) is 3.99. The Hall–Kier alpha value is -2.66. The molecular weight excluding hydrogens is 364 g/mol. The van der Waals surface area contributed by atoms with Gasteiger partial charge >= 0.3 is 0 Å². The van der Waals surface area contributed by atoms with Gasteiger partial charge in [0.25, 0.3) is 0 Å². The van der Waals surface area contributed by atoms with E-state index in [2.05, 4.69) is 48.4 Å². The van der Waals surface area contributed by atoms with Crippen molar-refractivity contribution in [1.29, 1.82) is 0 Å². The third-order valence-corrected chi connectivity index (χ3v) is 5.33. The van der Waals surface area contributed by atoms with Gasteiger partial charge in [0.2, 0.25) is 0 Å². The lowest BCUT2D eigenvalue weighted by atomic mass is 9.94. The predicted molar refractivity (Wildman–Crippen MR) is 116 cm³/mol. The first kappa shape index (κ1) is 19.6. The summed E-state index contributed by atoms with van der Waals surface area (Å²) in [6.07, 6.45) is 0.994. The summed E-state index contributed by atoms with van der Waals surface area (Å²) in [6, 6.07) is 12.6. The molecule has 5 heteroatoms. The lowest BCUT2D eigenvalue weighted by molar-refractivity contribution is 0.256. The van der Waals surface area contributed by atoms with Crippen LogP contribution in [0, 0.1) is 5.92 Å². The summed E-state index contributed by atoms with van der Waals surface area (Å²) in [5.74, 6) is 2.95. The summed E-state index contributed by atoms with van der Waals surface area (Å²) in [7, 11) is 1.69. The van der Waals surface area contributed by atoms with Gasteiger partial charge in [-0.05, 0) is 60.7 Å². The van der Waals surface area contributed by atoms with Crippen LogP contribution in [0.5, 0.6) is 17.2 Å². The highest BCUT2D eigenvalue weighted by atomic mass is 16.5. The summed E-state index contributed by atoms with van der Waals surface area (Å²) >= 11 is 0. The number of aromatic amines is 1. The maximum Gasteiger partial charge on any atom is 0.161 e. The van der Waals surface area contributed by atoms with Gasteiger partial charge < -0.3 is 24.5 Å². The summed E-state index contributed by atoms with van der Waals surface area (Å²) in [5, 5.41) is 4.91. The minimum Gasteiger partial charge on any atom is -0.494 e. The topological polar surface area (TPSA) is 55.5 Å². The lowest BCUT2D eigenvalue weighted by Gasteiger charge is -2.25. The molecule has 0 bridgehead atoms. The van der Waals surface area contributed by atoms with Crippen LogP contribution < -0.4 is 19.5 Å². The van der Waals surface area contributed by atoms with Gasteiger partial charge in [0.1, 0.15) is 5.75 Å². The molecule has 0 amide bonds. The number of aromatic nitrogens is 1. The molecule has 29 heavy (non-hydrogen) atoms. The minimum absolute atomic E-state index is 0.0924. The second kappa shape index (κ2) is 8.37. The Labute approximate surface area is 172 Å². The van der Waals surface area contributed by atoms with E-state index in [1.165, 1.54) is 16.6 Å². The van der Waals surface area contributed by atoms with Crippen molar-refractivity contribution in [1.82, 2.24) is 10.3 Å². The molecule has 2 aromatic carbocycles. The first-order chi connectivity index (χ1) is 14.1. The van der Waals surface area contributed by atoms with E-state index in [0.717, 1.165) is 41.3 Å². The van der Waals surface area contributed by atoms with E-state index in [9.17, 15) is 0 Å². The predicted octanol–water partition coefficient (Wildman–Crippen LogP) is 4.85. The third-order valence-electron chi connectivity index (χ3n) is 5.33. The molecule has 0 aliphatic carbocycles. The maximum absolute atomic E-state index is 5.92.